The lowest BCUT2D eigenvalue weighted by atomic mass is 10.3. The van der Waals surface area contributed by atoms with Gasteiger partial charge in [-0.25, -0.2) is 9.78 Å². The number of aromatic nitrogens is 1. The maximum absolute atomic E-state index is 11.6. The molecule has 1 N–H and O–H groups in total. The number of carbonyl (C=O) groups is 1. The van der Waals surface area contributed by atoms with Gasteiger partial charge < -0.3 is 10.1 Å². The SMILES string of the molecule is CCOC(=O)c1nc(NC(CC)CSC)sc1C. The molecule has 102 valence electrons. The number of anilines is 1. The van der Waals surface area contributed by atoms with Gasteiger partial charge in [0, 0.05) is 16.7 Å². The first kappa shape index (κ1) is 15.3. The first-order chi connectivity index (χ1) is 8.62. The summed E-state index contributed by atoms with van der Waals surface area (Å²) in [6, 6.07) is 0.389. The molecule has 4 nitrogen and oxygen atoms in total. The number of thiazole rings is 1. The van der Waals surface area contributed by atoms with Crippen LogP contribution in [0.5, 0.6) is 0 Å². The summed E-state index contributed by atoms with van der Waals surface area (Å²) in [5.41, 5.74) is 0.434. The van der Waals surface area contributed by atoms with E-state index in [9.17, 15) is 4.79 Å². The summed E-state index contributed by atoms with van der Waals surface area (Å²) in [7, 11) is 0. The minimum atomic E-state index is -0.336. The second-order valence-corrected chi connectivity index (χ2v) is 5.96. The lowest BCUT2D eigenvalue weighted by Crippen LogP contribution is -2.21. The Morgan fingerprint density at radius 3 is 2.83 bits per heavy atom. The molecule has 0 aliphatic rings. The number of nitrogens with zero attached hydrogens (tertiary/aromatic N) is 1. The molecule has 0 aliphatic carbocycles. The molecule has 1 unspecified atom stereocenters. The molecule has 1 aromatic rings. The maximum atomic E-state index is 11.6. The van der Waals surface area contributed by atoms with Gasteiger partial charge in [-0.3, -0.25) is 0 Å². The van der Waals surface area contributed by atoms with Crippen molar-refractivity contribution < 1.29 is 9.53 Å². The Morgan fingerprint density at radius 1 is 1.56 bits per heavy atom. The number of thioether (sulfide) groups is 1. The molecule has 1 aromatic heterocycles. The Morgan fingerprint density at radius 2 is 2.28 bits per heavy atom. The Bertz CT molecular complexity index is 393. The van der Waals surface area contributed by atoms with Crippen molar-refractivity contribution in [1.82, 2.24) is 4.98 Å². The third-order valence-electron chi connectivity index (χ3n) is 2.45. The van der Waals surface area contributed by atoms with E-state index in [4.69, 9.17) is 4.74 Å². The summed E-state index contributed by atoms with van der Waals surface area (Å²) >= 11 is 3.31. The number of rotatable bonds is 7. The molecule has 0 amide bonds. The summed E-state index contributed by atoms with van der Waals surface area (Å²) in [6.07, 6.45) is 3.12. The molecule has 1 atom stereocenters. The van der Waals surface area contributed by atoms with Crippen molar-refractivity contribution in [2.75, 3.05) is 23.9 Å². The van der Waals surface area contributed by atoms with Crippen molar-refractivity contribution in [2.45, 2.75) is 33.2 Å². The minimum Gasteiger partial charge on any atom is -0.461 e. The topological polar surface area (TPSA) is 51.2 Å². The molecule has 1 rings (SSSR count). The number of esters is 1. The van der Waals surface area contributed by atoms with Crippen LogP contribution < -0.4 is 5.32 Å². The van der Waals surface area contributed by atoms with Gasteiger partial charge in [0.25, 0.3) is 0 Å². The van der Waals surface area contributed by atoms with Crippen LogP contribution in [-0.2, 0) is 4.74 Å². The molecule has 18 heavy (non-hydrogen) atoms. The highest BCUT2D eigenvalue weighted by atomic mass is 32.2. The van der Waals surface area contributed by atoms with E-state index in [-0.39, 0.29) is 5.97 Å². The van der Waals surface area contributed by atoms with E-state index in [1.807, 2.05) is 6.92 Å². The van der Waals surface area contributed by atoms with Crippen LogP contribution in [0.1, 0.15) is 35.6 Å². The second kappa shape index (κ2) is 7.63. The minimum absolute atomic E-state index is 0.336. The van der Waals surface area contributed by atoms with E-state index >= 15 is 0 Å². The van der Waals surface area contributed by atoms with Crippen LogP contribution in [0.4, 0.5) is 5.13 Å². The van der Waals surface area contributed by atoms with E-state index in [1.165, 1.54) is 11.3 Å². The zero-order valence-corrected chi connectivity index (χ0v) is 12.9. The van der Waals surface area contributed by atoms with Crippen molar-refractivity contribution in [3.63, 3.8) is 0 Å². The maximum Gasteiger partial charge on any atom is 0.358 e. The molecule has 0 saturated heterocycles. The highest BCUT2D eigenvalue weighted by molar-refractivity contribution is 7.98. The molecule has 0 spiro atoms. The summed E-state index contributed by atoms with van der Waals surface area (Å²) in [6.45, 7) is 6.21. The number of hydrogen-bond acceptors (Lipinski definition) is 6. The largest absolute Gasteiger partial charge is 0.461 e. The highest BCUT2D eigenvalue weighted by Crippen LogP contribution is 2.24. The average molecular weight is 288 g/mol. The van der Waals surface area contributed by atoms with Crippen molar-refractivity contribution in [3.8, 4) is 0 Å². The molecule has 0 radical (unpaired) electrons. The third kappa shape index (κ3) is 4.17. The molecule has 0 aliphatic heterocycles. The zero-order valence-electron chi connectivity index (χ0n) is 11.3. The van der Waals surface area contributed by atoms with Gasteiger partial charge in [-0.2, -0.15) is 11.8 Å². The van der Waals surface area contributed by atoms with Crippen molar-refractivity contribution in [3.05, 3.63) is 10.6 Å². The molecule has 6 heteroatoms. The van der Waals surface area contributed by atoms with Crippen LogP contribution in [0.3, 0.4) is 0 Å². The van der Waals surface area contributed by atoms with E-state index in [0.29, 0.717) is 18.3 Å². The van der Waals surface area contributed by atoms with Gasteiger partial charge in [0.05, 0.1) is 6.61 Å². The number of hydrogen-bond donors (Lipinski definition) is 1. The Balaban J connectivity index is 2.74. The Kier molecular flexibility index (Phi) is 6.49. The average Bonchev–Trinajstić information content (AvgIpc) is 2.70. The molecule has 0 bridgehead atoms. The van der Waals surface area contributed by atoms with Gasteiger partial charge in [0.1, 0.15) is 0 Å². The fourth-order valence-electron chi connectivity index (χ4n) is 1.48. The van der Waals surface area contributed by atoms with E-state index in [2.05, 4.69) is 23.5 Å². The predicted molar refractivity (Wildman–Crippen MR) is 78.9 cm³/mol. The number of aryl methyl sites for hydroxylation is 1. The van der Waals surface area contributed by atoms with Crippen LogP contribution in [-0.4, -0.2) is 35.6 Å². The Labute approximate surface area is 117 Å². The van der Waals surface area contributed by atoms with Gasteiger partial charge in [-0.15, -0.1) is 11.3 Å². The van der Waals surface area contributed by atoms with Crippen LogP contribution in [0.25, 0.3) is 0 Å². The van der Waals surface area contributed by atoms with Crippen molar-refractivity contribution in [2.24, 2.45) is 0 Å². The summed E-state index contributed by atoms with van der Waals surface area (Å²) in [4.78, 5) is 16.9. The predicted octanol–water partition coefficient (Wildman–Crippen LogP) is 3.18. The van der Waals surface area contributed by atoms with Gasteiger partial charge in [-0.1, -0.05) is 6.92 Å². The molecular weight excluding hydrogens is 268 g/mol. The third-order valence-corrected chi connectivity index (χ3v) is 4.09. The van der Waals surface area contributed by atoms with Gasteiger partial charge in [-0.05, 0) is 26.5 Å². The zero-order chi connectivity index (χ0) is 13.5. The van der Waals surface area contributed by atoms with Gasteiger partial charge >= 0.3 is 5.97 Å². The number of ether oxygens (including phenoxy) is 1. The summed E-state index contributed by atoms with van der Waals surface area (Å²) in [5.74, 6) is 0.696. The number of nitrogens with one attached hydrogen (secondary N) is 1. The lowest BCUT2D eigenvalue weighted by Gasteiger charge is -2.14. The van der Waals surface area contributed by atoms with E-state index in [1.54, 1.807) is 18.7 Å². The molecule has 0 fully saturated rings. The number of carbonyl (C=O) groups excluding carboxylic acids is 1. The standard InChI is InChI=1S/C12H20N2O2S2/c1-5-9(7-17-4)13-12-14-10(8(3)18-12)11(15)16-6-2/h9H,5-7H2,1-4H3,(H,13,14). The normalized spacial score (nSPS) is 12.2. The summed E-state index contributed by atoms with van der Waals surface area (Å²) < 4.78 is 4.97. The lowest BCUT2D eigenvalue weighted by molar-refractivity contribution is 0.0519. The van der Waals surface area contributed by atoms with E-state index < -0.39 is 0 Å². The van der Waals surface area contributed by atoms with Crippen LogP contribution in [0.2, 0.25) is 0 Å². The van der Waals surface area contributed by atoms with E-state index in [0.717, 1.165) is 22.2 Å². The second-order valence-electron chi connectivity index (χ2n) is 3.85. The van der Waals surface area contributed by atoms with Crippen LogP contribution >= 0.6 is 23.1 Å². The molecule has 0 saturated carbocycles. The summed E-state index contributed by atoms with van der Waals surface area (Å²) in [5, 5.41) is 4.17. The van der Waals surface area contributed by atoms with Crippen molar-refractivity contribution in [1.29, 1.82) is 0 Å². The fraction of sp³-hybridized carbons (Fsp3) is 0.667. The van der Waals surface area contributed by atoms with Gasteiger partial charge in [0.15, 0.2) is 10.8 Å². The van der Waals surface area contributed by atoms with Crippen LogP contribution in [0, 0.1) is 6.92 Å². The first-order valence-electron chi connectivity index (χ1n) is 6.02. The smallest absolute Gasteiger partial charge is 0.358 e. The molecule has 0 aromatic carbocycles. The molecular formula is C12H20N2O2S2. The monoisotopic (exact) mass is 288 g/mol. The van der Waals surface area contributed by atoms with Crippen LogP contribution in [0.15, 0.2) is 0 Å². The fourth-order valence-corrected chi connectivity index (χ4v) is 3.08. The quantitative estimate of drug-likeness (QED) is 0.781. The first-order valence-corrected chi connectivity index (χ1v) is 8.23. The highest BCUT2D eigenvalue weighted by Gasteiger charge is 2.17. The molecule has 1 heterocycles. The van der Waals surface area contributed by atoms with Gasteiger partial charge in [0.2, 0.25) is 0 Å². The van der Waals surface area contributed by atoms with Crippen molar-refractivity contribution >= 4 is 34.2 Å². The Hall–Kier alpha value is -0.750.